The number of rotatable bonds is 3. The Morgan fingerprint density at radius 2 is 1.71 bits per heavy atom. The predicted molar refractivity (Wildman–Crippen MR) is 111 cm³/mol. The van der Waals surface area contributed by atoms with Gasteiger partial charge in [0.1, 0.15) is 0 Å². The van der Waals surface area contributed by atoms with Gasteiger partial charge in [0.15, 0.2) is 0 Å². The van der Waals surface area contributed by atoms with Crippen LogP contribution in [0.4, 0.5) is 0 Å². The van der Waals surface area contributed by atoms with Crippen LogP contribution in [0.15, 0.2) is 66.7 Å². The summed E-state index contributed by atoms with van der Waals surface area (Å²) >= 11 is 0. The average molecular weight is 371 g/mol. The molecule has 3 heterocycles. The van der Waals surface area contributed by atoms with Gasteiger partial charge in [0.05, 0.1) is 17.1 Å². The highest BCUT2D eigenvalue weighted by molar-refractivity contribution is 5.87. The van der Waals surface area contributed by atoms with Gasteiger partial charge in [-0.1, -0.05) is 54.6 Å². The fourth-order valence-corrected chi connectivity index (χ4v) is 4.73. The van der Waals surface area contributed by atoms with E-state index < -0.39 is 0 Å². The summed E-state index contributed by atoms with van der Waals surface area (Å²) in [5.41, 5.74) is 3.28. The van der Waals surface area contributed by atoms with E-state index in [4.69, 9.17) is 4.98 Å². The number of hydrogen-bond acceptors (Lipinski definition) is 3. The van der Waals surface area contributed by atoms with Crippen molar-refractivity contribution < 1.29 is 4.79 Å². The largest absolute Gasteiger partial charge is 0.350 e. The van der Waals surface area contributed by atoms with Gasteiger partial charge < -0.3 is 5.32 Å². The first-order valence-electron chi connectivity index (χ1n) is 10.1. The van der Waals surface area contributed by atoms with Crippen LogP contribution in [0.5, 0.6) is 0 Å². The second-order valence-electron chi connectivity index (χ2n) is 8.21. The summed E-state index contributed by atoms with van der Waals surface area (Å²) in [6.07, 6.45) is 2.93. The fraction of sp³-hybridized carbons (Fsp3) is 0.333. The lowest BCUT2D eigenvalue weighted by molar-refractivity contribution is -0.121. The predicted octanol–water partition coefficient (Wildman–Crippen LogP) is 3.87. The molecule has 142 valence electrons. The molecule has 28 heavy (non-hydrogen) atoms. The summed E-state index contributed by atoms with van der Waals surface area (Å²) in [7, 11) is 0. The van der Waals surface area contributed by atoms with E-state index in [0.29, 0.717) is 0 Å². The van der Waals surface area contributed by atoms with E-state index in [-0.39, 0.29) is 17.4 Å². The number of pyridine rings is 1. The first-order chi connectivity index (χ1) is 13.7. The Bertz CT molecular complexity index is 993. The second-order valence-corrected chi connectivity index (χ2v) is 8.21. The number of carbonyl (C=O) groups is 1. The minimum Gasteiger partial charge on any atom is -0.350 e. The van der Waals surface area contributed by atoms with Crippen molar-refractivity contribution in [3.63, 3.8) is 0 Å². The van der Waals surface area contributed by atoms with Crippen molar-refractivity contribution in [3.05, 3.63) is 78.0 Å². The van der Waals surface area contributed by atoms with E-state index >= 15 is 0 Å². The molecule has 0 bridgehead atoms. The van der Waals surface area contributed by atoms with Gasteiger partial charge in [0.2, 0.25) is 5.91 Å². The average Bonchev–Trinajstić information content (AvgIpc) is 3.06. The number of benzene rings is 2. The monoisotopic (exact) mass is 371 g/mol. The summed E-state index contributed by atoms with van der Waals surface area (Å²) in [4.78, 5) is 19.9. The van der Waals surface area contributed by atoms with E-state index in [1.807, 2.05) is 30.3 Å². The van der Waals surface area contributed by atoms with Crippen LogP contribution in [0.2, 0.25) is 0 Å². The van der Waals surface area contributed by atoms with Crippen LogP contribution >= 0.6 is 0 Å². The van der Waals surface area contributed by atoms with Crippen molar-refractivity contribution in [1.82, 2.24) is 15.2 Å². The Morgan fingerprint density at radius 3 is 2.54 bits per heavy atom. The fourth-order valence-electron chi connectivity index (χ4n) is 4.73. The molecule has 2 aliphatic rings. The topological polar surface area (TPSA) is 45.2 Å². The van der Waals surface area contributed by atoms with Crippen molar-refractivity contribution in [1.29, 1.82) is 0 Å². The molecule has 1 amide bonds. The zero-order valence-electron chi connectivity index (χ0n) is 16.0. The van der Waals surface area contributed by atoms with Gasteiger partial charge in [-0.15, -0.1) is 0 Å². The zero-order valence-corrected chi connectivity index (χ0v) is 16.0. The number of aromatic nitrogens is 1. The minimum absolute atomic E-state index is 0.00472. The summed E-state index contributed by atoms with van der Waals surface area (Å²) in [6, 6.07) is 22.7. The quantitative estimate of drug-likeness (QED) is 0.760. The Kier molecular flexibility index (Phi) is 4.36. The number of nitrogens with one attached hydrogen (secondary N) is 1. The molecule has 1 spiro atoms. The van der Waals surface area contributed by atoms with Crippen LogP contribution in [0, 0.1) is 0 Å². The molecule has 2 aliphatic heterocycles. The number of para-hydroxylation sites is 1. The van der Waals surface area contributed by atoms with Crippen molar-refractivity contribution in [3.8, 4) is 0 Å². The maximum Gasteiger partial charge on any atom is 0.228 e. The highest BCUT2D eigenvalue weighted by atomic mass is 16.2. The maximum atomic E-state index is 12.6. The van der Waals surface area contributed by atoms with Gasteiger partial charge in [-0.05, 0) is 37.0 Å². The molecule has 1 atom stereocenters. The number of amides is 1. The SMILES string of the molecule is O=C1NC2(CCN(Cc3ccc4ccccc4n3)CC2)C[C@H]1c1ccccc1. The van der Waals surface area contributed by atoms with Crippen LogP contribution in [0.25, 0.3) is 10.9 Å². The van der Waals surface area contributed by atoms with Gasteiger partial charge in [-0.25, -0.2) is 0 Å². The number of fused-ring (bicyclic) bond motifs is 1. The van der Waals surface area contributed by atoms with Crippen molar-refractivity contribution in [2.75, 3.05) is 13.1 Å². The molecule has 2 fully saturated rings. The lowest BCUT2D eigenvalue weighted by Gasteiger charge is -2.39. The van der Waals surface area contributed by atoms with E-state index in [9.17, 15) is 4.79 Å². The molecule has 4 nitrogen and oxygen atoms in total. The van der Waals surface area contributed by atoms with Gasteiger partial charge in [-0.3, -0.25) is 14.7 Å². The molecule has 0 aliphatic carbocycles. The number of carbonyl (C=O) groups excluding carboxylic acids is 1. The second kappa shape index (κ2) is 7.02. The zero-order chi connectivity index (χ0) is 19.0. The third-order valence-electron chi connectivity index (χ3n) is 6.36. The summed E-state index contributed by atoms with van der Waals surface area (Å²) in [5.74, 6) is 0.186. The summed E-state index contributed by atoms with van der Waals surface area (Å²) in [5, 5.41) is 4.53. The van der Waals surface area contributed by atoms with Crippen LogP contribution in [-0.2, 0) is 11.3 Å². The molecular formula is C24H25N3O. The highest BCUT2D eigenvalue weighted by Gasteiger charge is 2.46. The third kappa shape index (κ3) is 3.29. The van der Waals surface area contributed by atoms with Crippen molar-refractivity contribution >= 4 is 16.8 Å². The molecule has 1 aromatic heterocycles. The van der Waals surface area contributed by atoms with E-state index in [2.05, 4.69) is 46.6 Å². The minimum atomic E-state index is -0.0368. The Balaban J connectivity index is 1.24. The van der Waals surface area contributed by atoms with Gasteiger partial charge in [0, 0.05) is 30.6 Å². The lowest BCUT2D eigenvalue weighted by atomic mass is 9.82. The van der Waals surface area contributed by atoms with E-state index in [1.165, 1.54) is 5.39 Å². The first kappa shape index (κ1) is 17.4. The van der Waals surface area contributed by atoms with Crippen molar-refractivity contribution in [2.45, 2.75) is 37.3 Å². The normalized spacial score (nSPS) is 21.9. The van der Waals surface area contributed by atoms with Crippen LogP contribution in [0.1, 0.15) is 36.4 Å². The molecule has 5 rings (SSSR count). The summed E-state index contributed by atoms with van der Waals surface area (Å²) < 4.78 is 0. The Hall–Kier alpha value is -2.72. The molecule has 2 aromatic carbocycles. The molecule has 4 heteroatoms. The molecular weight excluding hydrogens is 346 g/mol. The third-order valence-corrected chi connectivity index (χ3v) is 6.36. The number of nitrogens with zero attached hydrogens (tertiary/aromatic N) is 2. The number of hydrogen-bond donors (Lipinski definition) is 1. The van der Waals surface area contributed by atoms with Gasteiger partial charge in [0.25, 0.3) is 0 Å². The molecule has 0 radical (unpaired) electrons. The molecule has 3 aromatic rings. The van der Waals surface area contributed by atoms with E-state index in [1.54, 1.807) is 0 Å². The highest BCUT2D eigenvalue weighted by Crippen LogP contribution is 2.39. The van der Waals surface area contributed by atoms with Crippen LogP contribution < -0.4 is 5.32 Å². The van der Waals surface area contributed by atoms with E-state index in [0.717, 1.165) is 55.7 Å². The standard InChI is InChI=1S/C24H25N3O/c28-23-21(18-6-2-1-3-7-18)16-24(26-23)12-14-27(15-13-24)17-20-11-10-19-8-4-5-9-22(19)25-20/h1-11,21H,12-17H2,(H,26,28)/t21-/m0/s1. The summed E-state index contributed by atoms with van der Waals surface area (Å²) in [6.45, 7) is 2.86. The van der Waals surface area contributed by atoms with Crippen molar-refractivity contribution in [2.24, 2.45) is 0 Å². The number of piperidine rings is 1. The Labute approximate surface area is 165 Å². The molecule has 0 unspecified atom stereocenters. The molecule has 2 saturated heterocycles. The van der Waals surface area contributed by atoms with Crippen LogP contribution in [0.3, 0.4) is 0 Å². The number of likely N-dealkylation sites (tertiary alicyclic amines) is 1. The smallest absolute Gasteiger partial charge is 0.228 e. The van der Waals surface area contributed by atoms with Gasteiger partial charge in [-0.2, -0.15) is 0 Å². The maximum absolute atomic E-state index is 12.6. The van der Waals surface area contributed by atoms with Gasteiger partial charge >= 0.3 is 0 Å². The molecule has 0 saturated carbocycles. The van der Waals surface area contributed by atoms with Crippen LogP contribution in [-0.4, -0.2) is 34.4 Å². The molecule has 1 N–H and O–H groups in total. The lowest BCUT2D eigenvalue weighted by Crippen LogP contribution is -2.50. The first-order valence-corrected chi connectivity index (χ1v) is 10.1. The Morgan fingerprint density at radius 1 is 0.964 bits per heavy atom.